The van der Waals surface area contributed by atoms with Gasteiger partial charge in [-0.2, -0.15) is 0 Å². The van der Waals surface area contributed by atoms with Gasteiger partial charge in [0.05, 0.1) is 6.42 Å². The van der Waals surface area contributed by atoms with Gasteiger partial charge in [0, 0.05) is 14.1 Å². The fourth-order valence-corrected chi connectivity index (χ4v) is 1.33. The van der Waals surface area contributed by atoms with Gasteiger partial charge < -0.3 is 0 Å². The van der Waals surface area contributed by atoms with Crippen molar-refractivity contribution in [2.45, 2.75) is 6.42 Å². The molecule has 0 amide bonds. The minimum atomic E-state index is -0.482. The van der Waals surface area contributed by atoms with E-state index < -0.39 is 4.92 Å². The van der Waals surface area contributed by atoms with E-state index in [1.54, 1.807) is 24.3 Å². The lowest BCUT2D eigenvalue weighted by atomic mass is 10.1. The Bertz CT molecular complexity index is 348. The molecular weight excluding hydrogens is 297 g/mol. The summed E-state index contributed by atoms with van der Waals surface area (Å²) in [5, 5.41) is 10.0. The van der Waals surface area contributed by atoms with Crippen LogP contribution in [0.25, 0.3) is 0 Å². The maximum absolute atomic E-state index is 11.4. The van der Waals surface area contributed by atoms with Crippen LogP contribution in [0.5, 0.6) is 0 Å². The fourth-order valence-electron chi connectivity index (χ4n) is 0.973. The molecule has 0 aliphatic carbocycles. The average molecular weight is 305 g/mol. The first kappa shape index (κ1) is 11.1. The van der Waals surface area contributed by atoms with Crippen molar-refractivity contribution in [1.82, 2.24) is 0 Å². The summed E-state index contributed by atoms with van der Waals surface area (Å²) in [6, 6.07) is 6.98. The lowest BCUT2D eigenvalue weighted by Crippen LogP contribution is -2.08. The number of nitro groups is 1. The molecule has 14 heavy (non-hydrogen) atoms. The first-order chi connectivity index (χ1) is 6.59. The summed E-state index contributed by atoms with van der Waals surface area (Å²) in [7, 11) is 0. The first-order valence-electron chi connectivity index (χ1n) is 4.00. The second kappa shape index (κ2) is 5.04. The molecule has 1 aromatic carbocycles. The molecule has 0 spiro atoms. The highest BCUT2D eigenvalue weighted by molar-refractivity contribution is 14.1. The molecule has 0 saturated carbocycles. The van der Waals surface area contributed by atoms with Gasteiger partial charge in [0.1, 0.15) is 0 Å². The molecule has 0 saturated heterocycles. The molecule has 0 unspecified atom stereocenters. The van der Waals surface area contributed by atoms with Crippen molar-refractivity contribution >= 4 is 28.4 Å². The van der Waals surface area contributed by atoms with Crippen LogP contribution >= 0.6 is 22.6 Å². The van der Waals surface area contributed by atoms with E-state index in [1.807, 2.05) is 0 Å². The summed E-state index contributed by atoms with van der Waals surface area (Å²) in [5.74, 6) is -0.182. The molecule has 0 N–H and O–H groups in total. The zero-order valence-electron chi connectivity index (χ0n) is 7.27. The molecule has 0 bridgehead atoms. The Morgan fingerprint density at radius 3 is 2.43 bits per heavy atom. The van der Waals surface area contributed by atoms with Gasteiger partial charge in [-0.25, -0.2) is 0 Å². The van der Waals surface area contributed by atoms with E-state index in [0.717, 1.165) is 3.57 Å². The molecule has 4 nitrogen and oxygen atoms in total. The fraction of sp³-hybridized carbons (Fsp3) is 0.222. The number of hydrogen-bond donors (Lipinski definition) is 0. The lowest BCUT2D eigenvalue weighted by Gasteiger charge is -1.97. The normalized spacial score (nSPS) is 9.79. The number of nitrogens with zero attached hydrogens (tertiary/aromatic N) is 1. The summed E-state index contributed by atoms with van der Waals surface area (Å²) in [6.07, 6.45) is -0.0341. The highest BCUT2D eigenvalue weighted by atomic mass is 127. The predicted molar refractivity (Wildman–Crippen MR) is 60.0 cm³/mol. The molecule has 0 aliphatic rings. The number of carbonyl (C=O) groups excluding carboxylic acids is 1. The van der Waals surface area contributed by atoms with E-state index in [1.165, 1.54) is 0 Å². The van der Waals surface area contributed by atoms with E-state index in [-0.39, 0.29) is 18.7 Å². The molecule has 0 atom stereocenters. The van der Waals surface area contributed by atoms with Gasteiger partial charge in [-0.15, -0.1) is 0 Å². The first-order valence-corrected chi connectivity index (χ1v) is 5.08. The van der Waals surface area contributed by atoms with Gasteiger partial charge in [-0.1, -0.05) is 12.1 Å². The summed E-state index contributed by atoms with van der Waals surface area (Å²) < 4.78 is 1.04. The number of carbonyl (C=O) groups is 1. The monoisotopic (exact) mass is 305 g/mol. The standard InChI is InChI=1S/C9H8INO3/c10-8-3-1-7(2-4-8)9(12)5-6-11(13)14/h1-4H,5-6H2. The Morgan fingerprint density at radius 2 is 1.93 bits per heavy atom. The van der Waals surface area contributed by atoms with Crippen molar-refractivity contribution in [1.29, 1.82) is 0 Å². The molecule has 0 fully saturated rings. The van der Waals surface area contributed by atoms with Crippen molar-refractivity contribution < 1.29 is 9.72 Å². The summed E-state index contributed by atoms with van der Waals surface area (Å²) in [5.41, 5.74) is 0.535. The quantitative estimate of drug-likeness (QED) is 0.370. The molecule has 1 rings (SSSR count). The summed E-state index contributed by atoms with van der Waals surface area (Å²) in [4.78, 5) is 20.9. The molecule has 74 valence electrons. The van der Waals surface area contributed by atoms with Crippen molar-refractivity contribution in [3.63, 3.8) is 0 Å². The van der Waals surface area contributed by atoms with Crippen LogP contribution in [0.3, 0.4) is 0 Å². The van der Waals surface area contributed by atoms with Gasteiger partial charge in [-0.05, 0) is 34.7 Å². The van der Waals surface area contributed by atoms with Crippen molar-refractivity contribution in [3.8, 4) is 0 Å². The Labute approximate surface area is 94.6 Å². The molecule has 0 heterocycles. The Hall–Kier alpha value is -0.980. The van der Waals surface area contributed by atoms with Crippen molar-refractivity contribution in [2.75, 3.05) is 6.54 Å². The highest BCUT2D eigenvalue weighted by Crippen LogP contribution is 2.08. The number of rotatable bonds is 4. The van der Waals surface area contributed by atoms with Crippen molar-refractivity contribution in [3.05, 3.63) is 43.5 Å². The smallest absolute Gasteiger partial charge is 0.211 e. The topological polar surface area (TPSA) is 60.2 Å². The van der Waals surface area contributed by atoms with Crippen LogP contribution < -0.4 is 0 Å². The zero-order chi connectivity index (χ0) is 10.6. The Morgan fingerprint density at radius 1 is 1.36 bits per heavy atom. The third-order valence-corrected chi connectivity index (χ3v) is 2.41. The molecular formula is C9H8INO3. The van der Waals surface area contributed by atoms with Crippen LogP contribution in [0.1, 0.15) is 16.8 Å². The molecule has 0 aliphatic heterocycles. The Kier molecular flexibility index (Phi) is 3.99. The van der Waals surface area contributed by atoms with E-state index in [2.05, 4.69) is 22.6 Å². The SMILES string of the molecule is O=C(CC[N+](=O)[O-])c1ccc(I)cc1. The third-order valence-electron chi connectivity index (χ3n) is 1.69. The second-order valence-corrected chi connectivity index (χ2v) is 3.98. The van der Waals surface area contributed by atoms with E-state index in [9.17, 15) is 14.9 Å². The number of ketones is 1. The maximum Gasteiger partial charge on any atom is 0.211 e. The second-order valence-electron chi connectivity index (χ2n) is 2.74. The zero-order valence-corrected chi connectivity index (χ0v) is 9.43. The van der Waals surface area contributed by atoms with Gasteiger partial charge in [0.25, 0.3) is 0 Å². The van der Waals surface area contributed by atoms with Crippen LogP contribution in [-0.4, -0.2) is 17.3 Å². The number of hydrogen-bond acceptors (Lipinski definition) is 3. The minimum Gasteiger partial charge on any atom is -0.294 e. The van der Waals surface area contributed by atoms with E-state index in [0.29, 0.717) is 5.56 Å². The maximum atomic E-state index is 11.4. The predicted octanol–water partition coefficient (Wildman–Crippen LogP) is 2.14. The Balaban J connectivity index is 2.61. The number of halogens is 1. The van der Waals surface area contributed by atoms with Gasteiger partial charge in [0.15, 0.2) is 5.78 Å². The average Bonchev–Trinajstić information content (AvgIpc) is 2.15. The van der Waals surface area contributed by atoms with Crippen LogP contribution in [0.2, 0.25) is 0 Å². The number of benzene rings is 1. The van der Waals surface area contributed by atoms with Gasteiger partial charge in [-0.3, -0.25) is 14.9 Å². The van der Waals surface area contributed by atoms with E-state index in [4.69, 9.17) is 0 Å². The lowest BCUT2D eigenvalue weighted by molar-refractivity contribution is -0.478. The largest absolute Gasteiger partial charge is 0.294 e. The van der Waals surface area contributed by atoms with Crippen LogP contribution in [0, 0.1) is 13.7 Å². The van der Waals surface area contributed by atoms with E-state index >= 15 is 0 Å². The molecule has 1 aromatic rings. The third kappa shape index (κ3) is 3.41. The van der Waals surface area contributed by atoms with Crippen LogP contribution in [-0.2, 0) is 0 Å². The highest BCUT2D eigenvalue weighted by Gasteiger charge is 2.08. The molecule has 5 heteroatoms. The van der Waals surface area contributed by atoms with Crippen molar-refractivity contribution in [2.24, 2.45) is 0 Å². The molecule has 0 aromatic heterocycles. The minimum absolute atomic E-state index is 0.0341. The van der Waals surface area contributed by atoms with Gasteiger partial charge in [0.2, 0.25) is 6.54 Å². The summed E-state index contributed by atoms with van der Waals surface area (Å²) >= 11 is 2.13. The number of Topliss-reactive ketones (excluding diaryl/α,β-unsaturated/α-hetero) is 1. The summed E-state index contributed by atoms with van der Waals surface area (Å²) in [6.45, 7) is -0.301. The van der Waals surface area contributed by atoms with Crippen LogP contribution in [0.15, 0.2) is 24.3 Å². The molecule has 0 radical (unpaired) electrons. The van der Waals surface area contributed by atoms with Crippen LogP contribution in [0.4, 0.5) is 0 Å². The van der Waals surface area contributed by atoms with Gasteiger partial charge >= 0.3 is 0 Å².